The van der Waals surface area contributed by atoms with Crippen molar-refractivity contribution in [3.8, 4) is 0 Å². The Kier molecular flexibility index (Phi) is 3.78. The number of hydrogen-bond donors (Lipinski definition) is 1. The molecule has 2 rings (SSSR count). The third-order valence-corrected chi connectivity index (χ3v) is 3.02. The molecule has 0 radical (unpaired) electrons. The van der Waals surface area contributed by atoms with Crippen molar-refractivity contribution < 1.29 is 9.21 Å². The van der Waals surface area contributed by atoms with E-state index in [0.717, 1.165) is 31.7 Å². The van der Waals surface area contributed by atoms with Gasteiger partial charge in [0.1, 0.15) is 5.76 Å². The van der Waals surface area contributed by atoms with E-state index in [1.54, 1.807) is 6.20 Å². The fourth-order valence-corrected chi connectivity index (χ4v) is 2.02. The Labute approximate surface area is 101 Å². The van der Waals surface area contributed by atoms with Crippen LogP contribution in [-0.2, 0) is 11.3 Å². The SMILES string of the molecule is Cc1cnc(CNC(C)C(=O)N2CCCC2)o1. The maximum absolute atomic E-state index is 12.0. The molecule has 1 N–H and O–H groups in total. The Bertz CT molecular complexity index is 383. The maximum atomic E-state index is 12.0. The molecule has 5 nitrogen and oxygen atoms in total. The van der Waals surface area contributed by atoms with Gasteiger partial charge in [-0.15, -0.1) is 0 Å². The zero-order chi connectivity index (χ0) is 12.3. The first-order valence-electron chi connectivity index (χ1n) is 6.10. The van der Waals surface area contributed by atoms with Crippen molar-refractivity contribution >= 4 is 5.91 Å². The van der Waals surface area contributed by atoms with Gasteiger partial charge in [-0.2, -0.15) is 0 Å². The molecular weight excluding hydrogens is 218 g/mol. The molecule has 0 aliphatic carbocycles. The van der Waals surface area contributed by atoms with Crippen LogP contribution >= 0.6 is 0 Å². The zero-order valence-corrected chi connectivity index (χ0v) is 10.4. The Hall–Kier alpha value is -1.36. The number of amides is 1. The number of hydrogen-bond acceptors (Lipinski definition) is 4. The summed E-state index contributed by atoms with van der Waals surface area (Å²) in [6, 6.07) is -0.180. The van der Waals surface area contributed by atoms with Crippen molar-refractivity contribution in [2.45, 2.75) is 39.3 Å². The fourth-order valence-electron chi connectivity index (χ4n) is 2.02. The first-order valence-corrected chi connectivity index (χ1v) is 6.10. The van der Waals surface area contributed by atoms with Gasteiger partial charge in [-0.1, -0.05) is 0 Å². The minimum atomic E-state index is -0.180. The van der Waals surface area contributed by atoms with Gasteiger partial charge in [-0.25, -0.2) is 4.98 Å². The molecule has 1 aromatic rings. The number of nitrogens with one attached hydrogen (secondary N) is 1. The number of aromatic nitrogens is 1. The quantitative estimate of drug-likeness (QED) is 0.851. The zero-order valence-electron chi connectivity index (χ0n) is 10.4. The van der Waals surface area contributed by atoms with Crippen molar-refractivity contribution in [2.75, 3.05) is 13.1 Å². The van der Waals surface area contributed by atoms with Crippen LogP contribution in [0, 0.1) is 6.92 Å². The average Bonchev–Trinajstić information content (AvgIpc) is 2.95. The summed E-state index contributed by atoms with van der Waals surface area (Å²) in [5, 5.41) is 3.14. The van der Waals surface area contributed by atoms with Gasteiger partial charge in [0.15, 0.2) is 0 Å². The second-order valence-electron chi connectivity index (χ2n) is 4.50. The van der Waals surface area contributed by atoms with Crippen LogP contribution in [0.5, 0.6) is 0 Å². The maximum Gasteiger partial charge on any atom is 0.239 e. The lowest BCUT2D eigenvalue weighted by Gasteiger charge is -2.20. The lowest BCUT2D eigenvalue weighted by Crippen LogP contribution is -2.43. The van der Waals surface area contributed by atoms with E-state index in [0.29, 0.717) is 12.4 Å². The number of likely N-dealkylation sites (tertiary alicyclic amines) is 1. The van der Waals surface area contributed by atoms with Gasteiger partial charge >= 0.3 is 0 Å². The highest BCUT2D eigenvalue weighted by molar-refractivity contribution is 5.81. The highest BCUT2D eigenvalue weighted by atomic mass is 16.4. The second-order valence-corrected chi connectivity index (χ2v) is 4.50. The number of rotatable bonds is 4. The number of aryl methyl sites for hydroxylation is 1. The van der Waals surface area contributed by atoms with Crippen LogP contribution in [0.25, 0.3) is 0 Å². The van der Waals surface area contributed by atoms with E-state index < -0.39 is 0 Å². The van der Waals surface area contributed by atoms with Gasteiger partial charge in [0.2, 0.25) is 11.8 Å². The van der Waals surface area contributed by atoms with E-state index >= 15 is 0 Å². The van der Waals surface area contributed by atoms with Crippen LogP contribution in [-0.4, -0.2) is 34.9 Å². The van der Waals surface area contributed by atoms with Gasteiger partial charge in [-0.3, -0.25) is 10.1 Å². The van der Waals surface area contributed by atoms with E-state index in [1.165, 1.54) is 0 Å². The molecule has 17 heavy (non-hydrogen) atoms. The van der Waals surface area contributed by atoms with Crippen LogP contribution in [0.15, 0.2) is 10.6 Å². The molecule has 1 unspecified atom stereocenters. The topological polar surface area (TPSA) is 58.4 Å². The standard InChI is InChI=1S/C12H19N3O2/c1-9-7-14-11(17-9)8-13-10(2)12(16)15-5-3-4-6-15/h7,10,13H,3-6,8H2,1-2H3. The molecule has 1 aliphatic rings. The highest BCUT2D eigenvalue weighted by Gasteiger charge is 2.22. The predicted octanol–water partition coefficient (Wildman–Crippen LogP) is 1.08. The van der Waals surface area contributed by atoms with Crippen LogP contribution in [0.1, 0.15) is 31.4 Å². The largest absolute Gasteiger partial charge is 0.445 e. The normalized spacial score (nSPS) is 17.4. The minimum Gasteiger partial charge on any atom is -0.445 e. The molecule has 1 aromatic heterocycles. The number of carbonyl (C=O) groups excluding carboxylic acids is 1. The van der Waals surface area contributed by atoms with Crippen molar-refractivity contribution in [3.05, 3.63) is 17.8 Å². The summed E-state index contributed by atoms with van der Waals surface area (Å²) in [7, 11) is 0. The molecule has 1 fully saturated rings. The Balaban J connectivity index is 1.80. The van der Waals surface area contributed by atoms with Gasteiger partial charge in [0.25, 0.3) is 0 Å². The van der Waals surface area contributed by atoms with Gasteiger partial charge in [0, 0.05) is 13.1 Å². The molecule has 2 heterocycles. The molecule has 0 spiro atoms. The van der Waals surface area contributed by atoms with E-state index in [4.69, 9.17) is 4.42 Å². The van der Waals surface area contributed by atoms with Gasteiger partial charge in [0.05, 0.1) is 18.8 Å². The van der Waals surface area contributed by atoms with E-state index in [9.17, 15) is 4.79 Å². The summed E-state index contributed by atoms with van der Waals surface area (Å²) in [6.45, 7) is 6.02. The average molecular weight is 237 g/mol. The molecule has 94 valence electrons. The summed E-state index contributed by atoms with van der Waals surface area (Å²) in [5.74, 6) is 1.59. The molecule has 0 saturated carbocycles. The van der Waals surface area contributed by atoms with Gasteiger partial charge < -0.3 is 9.32 Å². The van der Waals surface area contributed by atoms with E-state index in [1.807, 2.05) is 18.7 Å². The molecule has 5 heteroatoms. The number of carbonyl (C=O) groups is 1. The molecule has 1 saturated heterocycles. The molecule has 1 atom stereocenters. The first kappa shape index (κ1) is 12.1. The monoisotopic (exact) mass is 237 g/mol. The second kappa shape index (κ2) is 5.31. The first-order chi connectivity index (χ1) is 8.16. The summed E-state index contributed by atoms with van der Waals surface area (Å²) < 4.78 is 5.34. The Morgan fingerprint density at radius 1 is 1.59 bits per heavy atom. The summed E-state index contributed by atoms with van der Waals surface area (Å²) in [5.41, 5.74) is 0. The Morgan fingerprint density at radius 3 is 2.88 bits per heavy atom. The van der Waals surface area contributed by atoms with Gasteiger partial charge in [-0.05, 0) is 26.7 Å². The fraction of sp³-hybridized carbons (Fsp3) is 0.667. The molecule has 0 aromatic carbocycles. The summed E-state index contributed by atoms with van der Waals surface area (Å²) in [6.07, 6.45) is 3.93. The third kappa shape index (κ3) is 3.06. The van der Waals surface area contributed by atoms with Crippen LogP contribution in [0.4, 0.5) is 0 Å². The Morgan fingerprint density at radius 2 is 2.29 bits per heavy atom. The summed E-state index contributed by atoms with van der Waals surface area (Å²) in [4.78, 5) is 18.0. The van der Waals surface area contributed by atoms with Crippen LogP contribution in [0.3, 0.4) is 0 Å². The lowest BCUT2D eigenvalue weighted by atomic mass is 10.3. The number of oxazole rings is 1. The van der Waals surface area contributed by atoms with E-state index in [2.05, 4.69) is 10.3 Å². The van der Waals surface area contributed by atoms with Crippen LogP contribution in [0.2, 0.25) is 0 Å². The molecular formula is C12H19N3O2. The van der Waals surface area contributed by atoms with Crippen molar-refractivity contribution in [1.29, 1.82) is 0 Å². The molecule has 1 amide bonds. The smallest absolute Gasteiger partial charge is 0.239 e. The predicted molar refractivity (Wildman–Crippen MR) is 63.4 cm³/mol. The van der Waals surface area contributed by atoms with Crippen LogP contribution < -0.4 is 5.32 Å². The van der Waals surface area contributed by atoms with Crippen molar-refractivity contribution in [2.24, 2.45) is 0 Å². The van der Waals surface area contributed by atoms with Crippen molar-refractivity contribution in [3.63, 3.8) is 0 Å². The molecule has 1 aliphatic heterocycles. The van der Waals surface area contributed by atoms with Crippen molar-refractivity contribution in [1.82, 2.24) is 15.2 Å². The molecule has 0 bridgehead atoms. The lowest BCUT2D eigenvalue weighted by molar-refractivity contribution is -0.132. The summed E-state index contributed by atoms with van der Waals surface area (Å²) >= 11 is 0. The minimum absolute atomic E-state index is 0.172. The highest BCUT2D eigenvalue weighted by Crippen LogP contribution is 2.09. The van der Waals surface area contributed by atoms with E-state index in [-0.39, 0.29) is 11.9 Å². The third-order valence-electron chi connectivity index (χ3n) is 3.02. The number of nitrogens with zero attached hydrogens (tertiary/aromatic N) is 2.